The molecule has 0 spiro atoms. The lowest BCUT2D eigenvalue weighted by molar-refractivity contribution is -0.144. The lowest BCUT2D eigenvalue weighted by atomic mass is 9.96. The Kier molecular flexibility index (Phi) is 2.69. The van der Waals surface area contributed by atoms with E-state index >= 15 is 0 Å². The van der Waals surface area contributed by atoms with Gasteiger partial charge < -0.3 is 14.8 Å². The molecule has 0 saturated heterocycles. The van der Waals surface area contributed by atoms with Crippen LogP contribution in [0.4, 0.5) is 0 Å². The molecule has 1 saturated carbocycles. The van der Waals surface area contributed by atoms with E-state index in [1.54, 1.807) is 26.0 Å². The molecule has 1 fully saturated rings. The number of carbonyl (C=O) groups is 2. The molecule has 1 unspecified atom stereocenters. The maximum atomic E-state index is 11.8. The molecule has 0 radical (unpaired) electrons. The van der Waals surface area contributed by atoms with Crippen LogP contribution in [0.2, 0.25) is 0 Å². The van der Waals surface area contributed by atoms with Crippen molar-refractivity contribution in [1.29, 1.82) is 0 Å². The molecule has 17 heavy (non-hydrogen) atoms. The number of carbonyl (C=O) groups excluding carboxylic acids is 1. The molecule has 1 atom stereocenters. The van der Waals surface area contributed by atoms with E-state index in [9.17, 15) is 14.7 Å². The molecule has 2 N–H and O–H groups in total. The molecule has 0 aliphatic heterocycles. The van der Waals surface area contributed by atoms with Crippen LogP contribution in [0.15, 0.2) is 16.5 Å². The minimum atomic E-state index is -1.20. The first-order valence-electron chi connectivity index (χ1n) is 5.56. The summed E-state index contributed by atoms with van der Waals surface area (Å²) in [5.74, 6) is -0.694. The Hall–Kier alpha value is -1.78. The summed E-state index contributed by atoms with van der Waals surface area (Å²) in [7, 11) is 0. The number of hydrogen-bond donors (Lipinski definition) is 2. The summed E-state index contributed by atoms with van der Waals surface area (Å²) in [4.78, 5) is 23.1. The zero-order valence-corrected chi connectivity index (χ0v) is 9.82. The predicted molar refractivity (Wildman–Crippen MR) is 59.7 cm³/mol. The number of furan rings is 1. The van der Waals surface area contributed by atoms with E-state index < -0.39 is 17.4 Å². The van der Waals surface area contributed by atoms with Gasteiger partial charge in [-0.1, -0.05) is 0 Å². The lowest BCUT2D eigenvalue weighted by Crippen LogP contribution is -2.53. The van der Waals surface area contributed by atoms with E-state index in [0.29, 0.717) is 5.76 Å². The molecular weight excluding hydrogens is 222 g/mol. The monoisotopic (exact) mass is 237 g/mol. The third-order valence-electron chi connectivity index (χ3n) is 3.18. The first-order chi connectivity index (χ1) is 7.93. The van der Waals surface area contributed by atoms with E-state index in [1.807, 2.05) is 0 Å². The highest BCUT2D eigenvalue weighted by Gasteiger charge is 2.48. The SMILES string of the molecule is Cc1ccc(C(=O)NC(C)(C(=O)O)C2CC2)o1. The molecule has 5 nitrogen and oxygen atoms in total. The van der Waals surface area contributed by atoms with E-state index in [2.05, 4.69) is 5.32 Å². The molecule has 0 bridgehead atoms. The maximum Gasteiger partial charge on any atom is 0.329 e. The van der Waals surface area contributed by atoms with Crippen molar-refractivity contribution >= 4 is 11.9 Å². The van der Waals surface area contributed by atoms with Crippen LogP contribution in [-0.2, 0) is 4.79 Å². The molecule has 1 aromatic rings. The van der Waals surface area contributed by atoms with Crippen molar-refractivity contribution in [3.8, 4) is 0 Å². The molecule has 1 aliphatic rings. The number of carboxylic acids is 1. The summed E-state index contributed by atoms with van der Waals surface area (Å²) >= 11 is 0. The first kappa shape index (κ1) is 11.7. The summed E-state index contributed by atoms with van der Waals surface area (Å²) < 4.78 is 5.17. The highest BCUT2D eigenvalue weighted by molar-refractivity contribution is 5.96. The number of aryl methyl sites for hydroxylation is 1. The van der Waals surface area contributed by atoms with Crippen molar-refractivity contribution in [3.63, 3.8) is 0 Å². The number of amides is 1. The van der Waals surface area contributed by atoms with Gasteiger partial charge in [0.15, 0.2) is 5.76 Å². The van der Waals surface area contributed by atoms with E-state index in [0.717, 1.165) is 12.8 Å². The number of rotatable bonds is 4. The fraction of sp³-hybridized carbons (Fsp3) is 0.500. The van der Waals surface area contributed by atoms with Gasteiger partial charge in [-0.15, -0.1) is 0 Å². The van der Waals surface area contributed by atoms with Crippen molar-refractivity contribution in [2.45, 2.75) is 32.2 Å². The lowest BCUT2D eigenvalue weighted by Gasteiger charge is -2.25. The largest absolute Gasteiger partial charge is 0.480 e. The van der Waals surface area contributed by atoms with Gasteiger partial charge in [0.2, 0.25) is 0 Å². The van der Waals surface area contributed by atoms with E-state index in [1.165, 1.54) is 0 Å². The zero-order chi connectivity index (χ0) is 12.6. The van der Waals surface area contributed by atoms with Gasteiger partial charge >= 0.3 is 5.97 Å². The van der Waals surface area contributed by atoms with Gasteiger partial charge in [-0.05, 0) is 44.7 Å². The van der Waals surface area contributed by atoms with Gasteiger partial charge in [0, 0.05) is 0 Å². The predicted octanol–water partition coefficient (Wildman–Crippen LogP) is 1.57. The van der Waals surface area contributed by atoms with Gasteiger partial charge in [-0.3, -0.25) is 4.79 Å². The summed E-state index contributed by atoms with van der Waals surface area (Å²) in [6.07, 6.45) is 1.67. The topological polar surface area (TPSA) is 79.5 Å². The highest BCUT2D eigenvalue weighted by Crippen LogP contribution is 2.39. The van der Waals surface area contributed by atoms with Crippen molar-refractivity contribution < 1.29 is 19.1 Å². The molecule has 5 heteroatoms. The summed E-state index contributed by atoms with van der Waals surface area (Å²) in [6.45, 7) is 3.27. The Morgan fingerprint density at radius 3 is 2.53 bits per heavy atom. The molecular formula is C12H15NO4. The Morgan fingerprint density at radius 2 is 2.12 bits per heavy atom. The minimum Gasteiger partial charge on any atom is -0.480 e. The molecule has 1 aliphatic carbocycles. The van der Waals surface area contributed by atoms with Crippen molar-refractivity contribution in [1.82, 2.24) is 5.32 Å². The van der Waals surface area contributed by atoms with Crippen LogP contribution in [0.5, 0.6) is 0 Å². The average molecular weight is 237 g/mol. The van der Waals surface area contributed by atoms with Crippen LogP contribution < -0.4 is 5.32 Å². The number of nitrogens with one attached hydrogen (secondary N) is 1. The van der Waals surface area contributed by atoms with Crippen LogP contribution in [-0.4, -0.2) is 22.5 Å². The highest BCUT2D eigenvalue weighted by atomic mass is 16.4. The first-order valence-corrected chi connectivity index (χ1v) is 5.56. The third-order valence-corrected chi connectivity index (χ3v) is 3.18. The number of hydrogen-bond acceptors (Lipinski definition) is 3. The normalized spacial score (nSPS) is 18.5. The molecule has 2 rings (SSSR count). The Bertz CT molecular complexity index is 461. The summed E-state index contributed by atoms with van der Waals surface area (Å²) in [6, 6.07) is 3.21. The number of carboxylic acid groups (broad SMARTS) is 1. The Balaban J connectivity index is 2.14. The Morgan fingerprint density at radius 1 is 1.47 bits per heavy atom. The van der Waals surface area contributed by atoms with Gasteiger partial charge in [0.25, 0.3) is 5.91 Å². The molecule has 0 aromatic carbocycles. The fourth-order valence-corrected chi connectivity index (χ4v) is 1.84. The second-order valence-corrected chi connectivity index (χ2v) is 4.65. The maximum absolute atomic E-state index is 11.8. The molecule has 1 amide bonds. The van der Waals surface area contributed by atoms with Crippen LogP contribution in [0.1, 0.15) is 36.1 Å². The number of aliphatic carboxylic acids is 1. The Labute approximate surface area is 98.8 Å². The van der Waals surface area contributed by atoms with Crippen molar-refractivity contribution in [3.05, 3.63) is 23.7 Å². The van der Waals surface area contributed by atoms with Crippen LogP contribution in [0, 0.1) is 12.8 Å². The smallest absolute Gasteiger partial charge is 0.329 e. The molecule has 1 heterocycles. The second-order valence-electron chi connectivity index (χ2n) is 4.65. The fourth-order valence-electron chi connectivity index (χ4n) is 1.84. The van der Waals surface area contributed by atoms with Crippen molar-refractivity contribution in [2.24, 2.45) is 5.92 Å². The third kappa shape index (κ3) is 2.18. The molecule has 92 valence electrons. The van der Waals surface area contributed by atoms with Crippen LogP contribution in [0.25, 0.3) is 0 Å². The average Bonchev–Trinajstić information content (AvgIpc) is 3.01. The summed E-state index contributed by atoms with van der Waals surface area (Å²) in [5, 5.41) is 11.8. The summed E-state index contributed by atoms with van der Waals surface area (Å²) in [5.41, 5.74) is -1.20. The van der Waals surface area contributed by atoms with Gasteiger partial charge in [0.05, 0.1) is 0 Å². The standard InChI is InChI=1S/C12H15NO4/c1-7-3-6-9(17-7)10(14)13-12(2,11(15)16)8-4-5-8/h3,6,8H,4-5H2,1-2H3,(H,13,14)(H,15,16). The van der Waals surface area contributed by atoms with Gasteiger partial charge in [-0.25, -0.2) is 4.79 Å². The molecule has 1 aromatic heterocycles. The van der Waals surface area contributed by atoms with Gasteiger partial charge in [0.1, 0.15) is 11.3 Å². The van der Waals surface area contributed by atoms with Gasteiger partial charge in [-0.2, -0.15) is 0 Å². The second kappa shape index (κ2) is 3.91. The minimum absolute atomic E-state index is 0.0139. The quantitative estimate of drug-likeness (QED) is 0.833. The van der Waals surface area contributed by atoms with Crippen LogP contribution >= 0.6 is 0 Å². The van der Waals surface area contributed by atoms with Crippen molar-refractivity contribution in [2.75, 3.05) is 0 Å². The van der Waals surface area contributed by atoms with E-state index in [-0.39, 0.29) is 11.7 Å². The zero-order valence-electron chi connectivity index (χ0n) is 9.82. The van der Waals surface area contributed by atoms with E-state index in [4.69, 9.17) is 4.42 Å². The van der Waals surface area contributed by atoms with Crippen LogP contribution in [0.3, 0.4) is 0 Å².